The number of fused-ring (bicyclic) bond motifs is 3. The SMILES string of the molecule is O=C(OCc1nc2sc3c(c2c(=O)[nH]1)CCCC3)c1ccccc1I. The molecule has 3 aromatic rings. The van der Waals surface area contributed by atoms with Gasteiger partial charge in [-0.1, -0.05) is 12.1 Å². The van der Waals surface area contributed by atoms with E-state index in [1.165, 1.54) is 4.88 Å². The van der Waals surface area contributed by atoms with Crippen LogP contribution in [0.15, 0.2) is 29.1 Å². The Bertz CT molecular complexity index is 1020. The number of thiophene rings is 1. The number of rotatable bonds is 3. The van der Waals surface area contributed by atoms with Gasteiger partial charge < -0.3 is 9.72 Å². The summed E-state index contributed by atoms with van der Waals surface area (Å²) in [5.41, 5.74) is 1.53. The molecule has 0 spiro atoms. The Labute approximate surface area is 161 Å². The molecule has 5 nitrogen and oxygen atoms in total. The molecule has 7 heteroatoms. The highest BCUT2D eigenvalue weighted by molar-refractivity contribution is 14.1. The summed E-state index contributed by atoms with van der Waals surface area (Å²) in [5.74, 6) is -0.0337. The summed E-state index contributed by atoms with van der Waals surface area (Å²) >= 11 is 3.68. The number of benzene rings is 1. The Hall–Kier alpha value is -1.74. The van der Waals surface area contributed by atoms with Crippen molar-refractivity contribution in [3.05, 3.63) is 60.0 Å². The van der Waals surface area contributed by atoms with Gasteiger partial charge in [-0.2, -0.15) is 0 Å². The molecule has 0 amide bonds. The normalized spacial score (nSPS) is 13.6. The molecule has 0 bridgehead atoms. The fraction of sp³-hybridized carbons (Fsp3) is 0.278. The lowest BCUT2D eigenvalue weighted by Gasteiger charge is -2.09. The van der Waals surface area contributed by atoms with Gasteiger partial charge in [0.05, 0.1) is 10.9 Å². The molecule has 0 radical (unpaired) electrons. The minimum absolute atomic E-state index is 0.0441. The zero-order valence-corrected chi connectivity index (χ0v) is 16.3. The second-order valence-corrected chi connectivity index (χ2v) is 8.21. The summed E-state index contributed by atoms with van der Waals surface area (Å²) in [4.78, 5) is 34.0. The van der Waals surface area contributed by atoms with Gasteiger partial charge in [-0.15, -0.1) is 11.3 Å². The van der Waals surface area contributed by atoms with E-state index in [1.54, 1.807) is 23.5 Å². The first-order chi connectivity index (χ1) is 12.1. The van der Waals surface area contributed by atoms with Crippen LogP contribution in [0.1, 0.15) is 39.5 Å². The number of aryl methyl sites for hydroxylation is 2. The van der Waals surface area contributed by atoms with Crippen LogP contribution in [0.3, 0.4) is 0 Å². The van der Waals surface area contributed by atoms with E-state index in [1.807, 2.05) is 12.1 Å². The van der Waals surface area contributed by atoms with Crippen molar-refractivity contribution in [3.63, 3.8) is 0 Å². The van der Waals surface area contributed by atoms with E-state index in [0.29, 0.717) is 16.8 Å². The lowest BCUT2D eigenvalue weighted by molar-refractivity contribution is 0.0461. The van der Waals surface area contributed by atoms with Crippen molar-refractivity contribution in [1.29, 1.82) is 0 Å². The van der Waals surface area contributed by atoms with E-state index in [-0.39, 0.29) is 12.2 Å². The van der Waals surface area contributed by atoms with E-state index in [9.17, 15) is 9.59 Å². The molecule has 0 fully saturated rings. The van der Waals surface area contributed by atoms with E-state index < -0.39 is 5.97 Å². The Morgan fingerprint density at radius 3 is 2.92 bits per heavy atom. The zero-order valence-electron chi connectivity index (χ0n) is 13.3. The van der Waals surface area contributed by atoms with Gasteiger partial charge >= 0.3 is 5.97 Å². The van der Waals surface area contributed by atoms with Crippen LogP contribution in [0.4, 0.5) is 0 Å². The molecule has 0 aliphatic heterocycles. The van der Waals surface area contributed by atoms with Crippen molar-refractivity contribution >= 4 is 50.1 Å². The van der Waals surface area contributed by atoms with Gasteiger partial charge in [0.15, 0.2) is 0 Å². The second-order valence-electron chi connectivity index (χ2n) is 5.96. The highest BCUT2D eigenvalue weighted by Crippen LogP contribution is 2.33. The molecule has 25 heavy (non-hydrogen) atoms. The lowest BCUT2D eigenvalue weighted by atomic mass is 9.97. The van der Waals surface area contributed by atoms with Gasteiger partial charge in [0, 0.05) is 8.45 Å². The molecule has 0 saturated carbocycles. The molecule has 1 aromatic carbocycles. The molecule has 4 rings (SSSR count). The quantitative estimate of drug-likeness (QED) is 0.471. The molecule has 128 valence electrons. The van der Waals surface area contributed by atoms with Crippen LogP contribution < -0.4 is 5.56 Å². The average Bonchev–Trinajstić information content (AvgIpc) is 2.99. The predicted molar refractivity (Wildman–Crippen MR) is 105 cm³/mol. The van der Waals surface area contributed by atoms with E-state index in [2.05, 4.69) is 32.6 Å². The predicted octanol–water partition coefficient (Wildman–Crippen LogP) is 3.83. The Morgan fingerprint density at radius 2 is 2.08 bits per heavy atom. The molecular formula is C18H15IN2O3S. The maximum Gasteiger partial charge on any atom is 0.339 e. The number of hydrogen-bond donors (Lipinski definition) is 1. The third kappa shape index (κ3) is 3.22. The largest absolute Gasteiger partial charge is 0.454 e. The fourth-order valence-corrected chi connectivity index (χ4v) is 5.00. The number of esters is 1. The first-order valence-electron chi connectivity index (χ1n) is 8.08. The minimum atomic E-state index is -0.418. The highest BCUT2D eigenvalue weighted by atomic mass is 127. The number of halogens is 1. The monoisotopic (exact) mass is 466 g/mol. The summed E-state index contributed by atoms with van der Waals surface area (Å²) < 4.78 is 6.16. The first kappa shape index (κ1) is 16.7. The number of nitrogens with one attached hydrogen (secondary N) is 1. The van der Waals surface area contributed by atoms with Crippen molar-refractivity contribution < 1.29 is 9.53 Å². The van der Waals surface area contributed by atoms with E-state index in [0.717, 1.165) is 39.6 Å². The number of carbonyl (C=O) groups excluding carboxylic acids is 1. The molecule has 0 unspecified atom stereocenters. The average molecular weight is 466 g/mol. The third-order valence-electron chi connectivity index (χ3n) is 4.31. The molecule has 0 saturated heterocycles. The van der Waals surface area contributed by atoms with Crippen molar-refractivity contribution in [3.8, 4) is 0 Å². The van der Waals surface area contributed by atoms with Gasteiger partial charge in [0.25, 0.3) is 5.56 Å². The van der Waals surface area contributed by atoms with Crippen LogP contribution in [-0.4, -0.2) is 15.9 Å². The standard InChI is InChI=1S/C18H15IN2O3S/c19-12-7-3-1-5-10(12)18(23)24-9-14-20-16(22)15-11-6-2-4-8-13(11)25-17(15)21-14/h1,3,5,7H,2,4,6,8-9H2,(H,20,21,22). The van der Waals surface area contributed by atoms with E-state index >= 15 is 0 Å². The van der Waals surface area contributed by atoms with Gasteiger partial charge in [-0.05, 0) is 66.0 Å². The third-order valence-corrected chi connectivity index (χ3v) is 6.43. The van der Waals surface area contributed by atoms with Gasteiger partial charge in [-0.25, -0.2) is 9.78 Å². The van der Waals surface area contributed by atoms with Gasteiger partial charge in [0.2, 0.25) is 0 Å². The first-order valence-corrected chi connectivity index (χ1v) is 9.98. The maximum absolute atomic E-state index is 12.5. The lowest BCUT2D eigenvalue weighted by Crippen LogP contribution is -2.15. The molecular weight excluding hydrogens is 451 g/mol. The minimum Gasteiger partial charge on any atom is -0.454 e. The topological polar surface area (TPSA) is 72.0 Å². The number of aromatic nitrogens is 2. The molecule has 1 aliphatic carbocycles. The molecule has 1 aliphatic rings. The van der Waals surface area contributed by atoms with Crippen molar-refractivity contribution in [1.82, 2.24) is 9.97 Å². The molecule has 2 heterocycles. The number of nitrogens with zero attached hydrogens (tertiary/aromatic N) is 1. The van der Waals surface area contributed by atoms with Crippen LogP contribution >= 0.6 is 33.9 Å². The molecule has 0 atom stereocenters. The van der Waals surface area contributed by atoms with Crippen LogP contribution in [0.25, 0.3) is 10.2 Å². The highest BCUT2D eigenvalue weighted by Gasteiger charge is 2.20. The summed E-state index contributed by atoms with van der Waals surface area (Å²) in [6, 6.07) is 7.22. The summed E-state index contributed by atoms with van der Waals surface area (Å²) in [6.45, 7) is -0.0441. The fourth-order valence-electron chi connectivity index (χ4n) is 3.12. The van der Waals surface area contributed by atoms with Gasteiger partial charge in [-0.3, -0.25) is 4.79 Å². The summed E-state index contributed by atoms with van der Waals surface area (Å²) in [6.07, 6.45) is 4.25. The number of H-pyrrole nitrogens is 1. The number of carbonyl (C=O) groups is 1. The van der Waals surface area contributed by atoms with Crippen LogP contribution in [-0.2, 0) is 24.2 Å². The van der Waals surface area contributed by atoms with E-state index in [4.69, 9.17) is 4.74 Å². The van der Waals surface area contributed by atoms with Gasteiger partial charge in [0.1, 0.15) is 17.3 Å². The second kappa shape index (κ2) is 6.87. The van der Waals surface area contributed by atoms with Crippen LogP contribution in [0.2, 0.25) is 0 Å². The zero-order chi connectivity index (χ0) is 17.4. The van der Waals surface area contributed by atoms with Crippen LogP contribution in [0.5, 0.6) is 0 Å². The molecule has 1 N–H and O–H groups in total. The van der Waals surface area contributed by atoms with Crippen LogP contribution in [0, 0.1) is 3.57 Å². The summed E-state index contributed by atoms with van der Waals surface area (Å²) in [5, 5.41) is 0.715. The Kier molecular flexibility index (Phi) is 4.60. The number of hydrogen-bond acceptors (Lipinski definition) is 5. The molecule has 2 aromatic heterocycles. The number of ether oxygens (including phenoxy) is 1. The Morgan fingerprint density at radius 1 is 1.28 bits per heavy atom. The number of aromatic amines is 1. The maximum atomic E-state index is 12.5. The van der Waals surface area contributed by atoms with Crippen molar-refractivity contribution in [2.75, 3.05) is 0 Å². The van der Waals surface area contributed by atoms with Crippen molar-refractivity contribution in [2.24, 2.45) is 0 Å². The van der Waals surface area contributed by atoms with Crippen molar-refractivity contribution in [2.45, 2.75) is 32.3 Å². The smallest absolute Gasteiger partial charge is 0.339 e. The summed E-state index contributed by atoms with van der Waals surface area (Å²) in [7, 11) is 0. The Balaban J connectivity index is 1.59.